The molecule has 0 fully saturated rings. The van der Waals surface area contributed by atoms with E-state index in [1.54, 1.807) is 48.5 Å². The second-order valence-electron chi connectivity index (χ2n) is 6.85. The van der Waals surface area contributed by atoms with Crippen LogP contribution < -0.4 is 19.7 Å². The molecule has 1 aliphatic heterocycles. The Morgan fingerprint density at radius 3 is 2.28 bits per heavy atom. The molecule has 1 heterocycles. The van der Waals surface area contributed by atoms with E-state index in [2.05, 4.69) is 5.32 Å². The summed E-state index contributed by atoms with van der Waals surface area (Å²) < 4.78 is 25.1. The Bertz CT molecular complexity index is 1240. The Hall–Kier alpha value is -3.84. The molecular weight excluding hydrogens is 435 g/mol. The molecule has 1 N–H and O–H groups in total. The van der Waals surface area contributed by atoms with E-state index in [9.17, 15) is 14.0 Å². The molecular formula is C24H18ClFN2O4. The number of carbonyl (C=O) groups excluding carboxylic acids is 2. The topological polar surface area (TPSA) is 67.9 Å². The maximum Gasteiger partial charge on any atom is 0.282 e. The van der Waals surface area contributed by atoms with Crippen molar-refractivity contribution < 1.29 is 23.5 Å². The normalized spacial score (nSPS) is 13.6. The number of para-hydroxylation sites is 1. The third kappa shape index (κ3) is 3.78. The second-order valence-corrected chi connectivity index (χ2v) is 7.28. The summed E-state index contributed by atoms with van der Waals surface area (Å²) in [6.45, 7) is 0. The number of imide groups is 1. The largest absolute Gasteiger partial charge is 0.497 e. The van der Waals surface area contributed by atoms with Crippen molar-refractivity contribution in [2.45, 2.75) is 0 Å². The van der Waals surface area contributed by atoms with Crippen molar-refractivity contribution in [3.8, 4) is 11.5 Å². The molecule has 3 aromatic carbocycles. The van der Waals surface area contributed by atoms with E-state index in [0.29, 0.717) is 27.8 Å². The number of rotatable bonds is 6. The first-order chi connectivity index (χ1) is 15.4. The minimum Gasteiger partial charge on any atom is -0.497 e. The summed E-state index contributed by atoms with van der Waals surface area (Å²) in [6.07, 6.45) is 0. The lowest BCUT2D eigenvalue weighted by atomic mass is 10.0. The van der Waals surface area contributed by atoms with E-state index in [0.717, 1.165) is 4.90 Å². The predicted molar refractivity (Wildman–Crippen MR) is 120 cm³/mol. The highest BCUT2D eigenvalue weighted by molar-refractivity contribution is 6.46. The van der Waals surface area contributed by atoms with E-state index in [-0.39, 0.29) is 17.0 Å². The fraction of sp³-hybridized carbons (Fsp3) is 0.0833. The first-order valence-electron chi connectivity index (χ1n) is 9.57. The predicted octanol–water partition coefficient (Wildman–Crippen LogP) is 4.89. The van der Waals surface area contributed by atoms with Crippen LogP contribution in [0.2, 0.25) is 5.02 Å². The Morgan fingerprint density at radius 2 is 1.62 bits per heavy atom. The summed E-state index contributed by atoms with van der Waals surface area (Å²) in [5.74, 6) is -1.08. The molecule has 0 saturated heterocycles. The minimum absolute atomic E-state index is 0.0101. The molecule has 162 valence electrons. The molecule has 4 rings (SSSR count). The van der Waals surface area contributed by atoms with Crippen LogP contribution in [0.25, 0.3) is 5.57 Å². The molecule has 0 aliphatic carbocycles. The quantitative estimate of drug-likeness (QED) is 0.539. The van der Waals surface area contributed by atoms with Crippen LogP contribution in [0.4, 0.5) is 15.8 Å². The van der Waals surface area contributed by atoms with E-state index >= 15 is 0 Å². The number of methoxy groups -OCH3 is 2. The maximum absolute atomic E-state index is 14.5. The van der Waals surface area contributed by atoms with Crippen LogP contribution in [0.5, 0.6) is 11.5 Å². The fourth-order valence-electron chi connectivity index (χ4n) is 3.42. The number of nitrogens with zero attached hydrogens (tertiary/aromatic N) is 1. The number of hydrogen-bond donors (Lipinski definition) is 1. The second kappa shape index (κ2) is 8.72. The zero-order valence-corrected chi connectivity index (χ0v) is 17.9. The molecule has 0 spiro atoms. The molecule has 2 amide bonds. The van der Waals surface area contributed by atoms with Gasteiger partial charge < -0.3 is 14.8 Å². The molecule has 1 aliphatic rings. The average Bonchev–Trinajstić information content (AvgIpc) is 3.04. The number of halogens is 2. The average molecular weight is 453 g/mol. The molecule has 8 heteroatoms. The zero-order chi connectivity index (χ0) is 22.8. The summed E-state index contributed by atoms with van der Waals surface area (Å²) in [5.41, 5.74) is 0.845. The van der Waals surface area contributed by atoms with Gasteiger partial charge in [-0.3, -0.25) is 9.59 Å². The Kier molecular flexibility index (Phi) is 5.83. The van der Waals surface area contributed by atoms with Gasteiger partial charge in [0.05, 0.1) is 31.2 Å². The van der Waals surface area contributed by atoms with Gasteiger partial charge in [-0.25, -0.2) is 9.29 Å². The van der Waals surface area contributed by atoms with Crippen molar-refractivity contribution in [3.63, 3.8) is 0 Å². The van der Waals surface area contributed by atoms with Gasteiger partial charge in [0.15, 0.2) is 0 Å². The Balaban J connectivity index is 1.85. The third-order valence-electron chi connectivity index (χ3n) is 4.98. The van der Waals surface area contributed by atoms with Gasteiger partial charge in [-0.05, 0) is 42.0 Å². The van der Waals surface area contributed by atoms with Gasteiger partial charge in [-0.2, -0.15) is 0 Å². The SMILES string of the molecule is COc1ccc(NC2=C(c3ccc(Cl)cc3)C(=O)N(c3ccccc3F)C2=O)c(OC)c1. The van der Waals surface area contributed by atoms with Gasteiger partial charge in [0, 0.05) is 11.1 Å². The van der Waals surface area contributed by atoms with Crippen LogP contribution in [-0.2, 0) is 9.59 Å². The van der Waals surface area contributed by atoms with Gasteiger partial charge in [-0.15, -0.1) is 0 Å². The lowest BCUT2D eigenvalue weighted by molar-refractivity contribution is -0.120. The van der Waals surface area contributed by atoms with Crippen molar-refractivity contribution in [3.05, 3.63) is 88.8 Å². The molecule has 3 aromatic rings. The van der Waals surface area contributed by atoms with Crippen LogP contribution in [-0.4, -0.2) is 26.0 Å². The van der Waals surface area contributed by atoms with Crippen molar-refractivity contribution in [1.29, 1.82) is 0 Å². The highest BCUT2D eigenvalue weighted by atomic mass is 35.5. The number of hydrogen-bond acceptors (Lipinski definition) is 5. The van der Waals surface area contributed by atoms with E-state index in [1.165, 1.54) is 32.4 Å². The molecule has 0 atom stereocenters. The van der Waals surface area contributed by atoms with Crippen LogP contribution in [0.15, 0.2) is 72.4 Å². The summed E-state index contributed by atoms with van der Waals surface area (Å²) in [6, 6.07) is 17.1. The van der Waals surface area contributed by atoms with Gasteiger partial charge in [0.2, 0.25) is 0 Å². The van der Waals surface area contributed by atoms with Gasteiger partial charge in [0.25, 0.3) is 11.8 Å². The highest BCUT2D eigenvalue weighted by Gasteiger charge is 2.41. The number of amides is 2. The van der Waals surface area contributed by atoms with E-state index in [4.69, 9.17) is 21.1 Å². The van der Waals surface area contributed by atoms with Crippen molar-refractivity contribution >= 4 is 40.4 Å². The molecule has 0 unspecified atom stereocenters. The number of nitrogens with one attached hydrogen (secondary N) is 1. The van der Waals surface area contributed by atoms with E-state index < -0.39 is 17.6 Å². The molecule has 32 heavy (non-hydrogen) atoms. The van der Waals surface area contributed by atoms with Crippen molar-refractivity contribution in [1.82, 2.24) is 0 Å². The zero-order valence-electron chi connectivity index (χ0n) is 17.2. The Labute approximate surface area is 188 Å². The number of anilines is 2. The standard InChI is InChI=1S/C24H18ClFN2O4/c1-31-16-11-12-18(20(13-16)32-2)27-22-21(14-7-9-15(25)10-8-14)23(29)28(24(22)30)19-6-4-3-5-17(19)26/h3-13,27H,1-2H3. The number of carbonyl (C=O) groups is 2. The van der Waals surface area contributed by atoms with Crippen LogP contribution in [0, 0.1) is 5.82 Å². The lowest BCUT2D eigenvalue weighted by Gasteiger charge is -2.16. The monoisotopic (exact) mass is 452 g/mol. The van der Waals surface area contributed by atoms with Crippen molar-refractivity contribution in [2.24, 2.45) is 0 Å². The summed E-state index contributed by atoms with van der Waals surface area (Å²) in [7, 11) is 3.00. The number of ether oxygens (including phenoxy) is 2. The van der Waals surface area contributed by atoms with Crippen LogP contribution >= 0.6 is 11.6 Å². The fourth-order valence-corrected chi connectivity index (χ4v) is 3.54. The summed E-state index contributed by atoms with van der Waals surface area (Å²) >= 11 is 5.99. The van der Waals surface area contributed by atoms with Gasteiger partial charge in [0.1, 0.15) is 23.0 Å². The molecule has 0 bridgehead atoms. The van der Waals surface area contributed by atoms with Crippen LogP contribution in [0.1, 0.15) is 5.56 Å². The summed E-state index contributed by atoms with van der Waals surface area (Å²) in [5, 5.41) is 3.48. The van der Waals surface area contributed by atoms with Crippen LogP contribution in [0.3, 0.4) is 0 Å². The lowest BCUT2D eigenvalue weighted by Crippen LogP contribution is -2.33. The first-order valence-corrected chi connectivity index (χ1v) is 9.95. The van der Waals surface area contributed by atoms with Gasteiger partial charge in [-0.1, -0.05) is 35.9 Å². The van der Waals surface area contributed by atoms with Gasteiger partial charge >= 0.3 is 0 Å². The molecule has 0 saturated carbocycles. The maximum atomic E-state index is 14.5. The highest BCUT2D eigenvalue weighted by Crippen LogP contribution is 2.37. The Morgan fingerprint density at radius 1 is 0.906 bits per heavy atom. The molecule has 6 nitrogen and oxygen atoms in total. The van der Waals surface area contributed by atoms with Crippen molar-refractivity contribution in [2.75, 3.05) is 24.4 Å². The van der Waals surface area contributed by atoms with E-state index in [1.807, 2.05) is 0 Å². The minimum atomic E-state index is -0.692. The first kappa shape index (κ1) is 21.4. The number of benzene rings is 3. The summed E-state index contributed by atoms with van der Waals surface area (Å²) in [4.78, 5) is 27.6. The molecule has 0 radical (unpaired) electrons. The molecule has 0 aromatic heterocycles. The third-order valence-corrected chi connectivity index (χ3v) is 5.23. The smallest absolute Gasteiger partial charge is 0.282 e.